The zero-order valence-electron chi connectivity index (χ0n) is 9.95. The Bertz CT molecular complexity index is 446. The molecule has 0 aromatic carbocycles. The number of nitrogens with one attached hydrogen (secondary N) is 2. The fourth-order valence-corrected chi connectivity index (χ4v) is 1.92. The molecule has 0 aliphatic rings. The molecule has 0 rings (SSSR count). The van der Waals surface area contributed by atoms with Gasteiger partial charge >= 0.3 is 28.2 Å². The third kappa shape index (κ3) is 7.94. The average molecular weight is 298 g/mol. The highest BCUT2D eigenvalue weighted by molar-refractivity contribution is 7.88. The molecular weight excluding hydrogens is 284 g/mol. The SMILES string of the molecule is CCOC(=O)NS(=O)(=O)N[C@@H](CCC(=O)O)C(=O)O. The van der Waals surface area contributed by atoms with E-state index in [9.17, 15) is 22.8 Å². The van der Waals surface area contributed by atoms with Crippen LogP contribution in [0.25, 0.3) is 0 Å². The van der Waals surface area contributed by atoms with Crippen LogP contribution in [0.2, 0.25) is 0 Å². The molecule has 0 radical (unpaired) electrons. The Balaban J connectivity index is 4.60. The van der Waals surface area contributed by atoms with E-state index in [4.69, 9.17) is 10.2 Å². The minimum absolute atomic E-state index is 0.0667. The Hall–Kier alpha value is -1.88. The van der Waals surface area contributed by atoms with Crippen molar-refractivity contribution in [2.75, 3.05) is 6.61 Å². The number of carbonyl (C=O) groups excluding carboxylic acids is 1. The van der Waals surface area contributed by atoms with Gasteiger partial charge in [0, 0.05) is 6.42 Å². The summed E-state index contributed by atoms with van der Waals surface area (Å²) in [4.78, 5) is 31.9. The molecule has 0 spiro atoms. The van der Waals surface area contributed by atoms with Gasteiger partial charge in [0.25, 0.3) is 0 Å². The fourth-order valence-electron chi connectivity index (χ4n) is 0.988. The monoisotopic (exact) mass is 298 g/mol. The lowest BCUT2D eigenvalue weighted by Crippen LogP contribution is -2.48. The third-order valence-corrected chi connectivity index (χ3v) is 2.77. The minimum Gasteiger partial charge on any atom is -0.481 e. The maximum atomic E-state index is 11.3. The summed E-state index contributed by atoms with van der Waals surface area (Å²) >= 11 is 0. The number of carboxylic acid groups (broad SMARTS) is 2. The first-order valence-corrected chi connectivity index (χ1v) is 6.57. The number of hydrogen-bond donors (Lipinski definition) is 4. The van der Waals surface area contributed by atoms with Crippen LogP contribution in [0.3, 0.4) is 0 Å². The van der Waals surface area contributed by atoms with Crippen LogP contribution in [-0.4, -0.2) is 49.3 Å². The highest BCUT2D eigenvalue weighted by Gasteiger charge is 2.26. The maximum Gasteiger partial charge on any atom is 0.421 e. The lowest BCUT2D eigenvalue weighted by molar-refractivity contribution is -0.140. The van der Waals surface area contributed by atoms with Crippen LogP contribution in [0.15, 0.2) is 0 Å². The van der Waals surface area contributed by atoms with Gasteiger partial charge in [0.05, 0.1) is 6.61 Å². The van der Waals surface area contributed by atoms with E-state index < -0.39 is 47.1 Å². The number of rotatable bonds is 8. The molecule has 0 aromatic rings. The fraction of sp³-hybridized carbons (Fsp3) is 0.625. The summed E-state index contributed by atoms with van der Waals surface area (Å²) < 4.78 is 30.0. The second-order valence-corrected chi connectivity index (χ2v) is 4.71. The molecule has 0 aliphatic carbocycles. The van der Waals surface area contributed by atoms with Crippen LogP contribution in [0.1, 0.15) is 19.8 Å². The Morgan fingerprint density at radius 1 is 1.26 bits per heavy atom. The molecule has 0 bridgehead atoms. The molecule has 1 atom stereocenters. The highest BCUT2D eigenvalue weighted by atomic mass is 32.2. The van der Waals surface area contributed by atoms with Gasteiger partial charge in [0.2, 0.25) is 0 Å². The van der Waals surface area contributed by atoms with E-state index in [2.05, 4.69) is 4.74 Å². The maximum absolute atomic E-state index is 11.3. The van der Waals surface area contributed by atoms with Crippen molar-refractivity contribution in [3.05, 3.63) is 0 Å². The average Bonchev–Trinajstić information content (AvgIpc) is 2.22. The first-order chi connectivity index (χ1) is 8.68. The summed E-state index contributed by atoms with van der Waals surface area (Å²) in [6, 6.07) is -1.66. The van der Waals surface area contributed by atoms with Gasteiger partial charge in [-0.2, -0.15) is 13.1 Å². The molecule has 10 nitrogen and oxygen atoms in total. The van der Waals surface area contributed by atoms with Crippen molar-refractivity contribution in [2.45, 2.75) is 25.8 Å². The van der Waals surface area contributed by atoms with E-state index >= 15 is 0 Å². The Morgan fingerprint density at radius 2 is 1.84 bits per heavy atom. The summed E-state index contributed by atoms with van der Waals surface area (Å²) in [5.41, 5.74) is 0. The minimum atomic E-state index is -4.44. The Morgan fingerprint density at radius 3 is 2.26 bits per heavy atom. The lowest BCUT2D eigenvalue weighted by atomic mass is 10.2. The van der Waals surface area contributed by atoms with Gasteiger partial charge in [-0.3, -0.25) is 9.59 Å². The molecule has 0 heterocycles. The predicted molar refractivity (Wildman–Crippen MR) is 60.5 cm³/mol. The van der Waals surface area contributed by atoms with Crippen molar-refractivity contribution in [2.24, 2.45) is 0 Å². The zero-order chi connectivity index (χ0) is 15.1. The number of carbonyl (C=O) groups is 3. The third-order valence-electron chi connectivity index (χ3n) is 1.74. The van der Waals surface area contributed by atoms with E-state index in [1.165, 1.54) is 11.6 Å². The lowest BCUT2D eigenvalue weighted by Gasteiger charge is -2.14. The van der Waals surface area contributed by atoms with Crippen LogP contribution in [0.5, 0.6) is 0 Å². The number of carboxylic acids is 2. The molecule has 0 fully saturated rings. The van der Waals surface area contributed by atoms with Gasteiger partial charge in [0.15, 0.2) is 0 Å². The van der Waals surface area contributed by atoms with Crippen molar-refractivity contribution in [3.63, 3.8) is 0 Å². The van der Waals surface area contributed by atoms with Crippen LogP contribution in [0, 0.1) is 0 Å². The quantitative estimate of drug-likeness (QED) is 0.438. The summed E-state index contributed by atoms with van der Waals surface area (Å²) in [7, 11) is -4.44. The number of aliphatic carboxylic acids is 2. The summed E-state index contributed by atoms with van der Waals surface area (Å²) in [6.07, 6.45) is -2.27. The van der Waals surface area contributed by atoms with Crippen molar-refractivity contribution in [1.29, 1.82) is 0 Å². The molecule has 11 heteroatoms. The van der Waals surface area contributed by atoms with Gasteiger partial charge in [-0.25, -0.2) is 9.52 Å². The molecule has 19 heavy (non-hydrogen) atoms. The molecule has 1 amide bonds. The first kappa shape index (κ1) is 17.1. The van der Waals surface area contributed by atoms with Crippen LogP contribution in [-0.2, 0) is 24.5 Å². The highest BCUT2D eigenvalue weighted by Crippen LogP contribution is 2.00. The largest absolute Gasteiger partial charge is 0.481 e. The Labute approximate surface area is 108 Å². The molecule has 0 unspecified atom stereocenters. The normalized spacial score (nSPS) is 12.5. The number of hydrogen-bond acceptors (Lipinski definition) is 6. The van der Waals surface area contributed by atoms with E-state index in [1.54, 1.807) is 4.72 Å². The van der Waals surface area contributed by atoms with Crippen molar-refractivity contribution in [1.82, 2.24) is 9.44 Å². The molecule has 0 aromatic heterocycles. The van der Waals surface area contributed by atoms with Crippen molar-refractivity contribution < 1.29 is 37.8 Å². The molecule has 110 valence electrons. The van der Waals surface area contributed by atoms with Crippen LogP contribution >= 0.6 is 0 Å². The number of amides is 1. The molecule has 0 saturated heterocycles. The summed E-state index contributed by atoms with van der Waals surface area (Å²) in [5.74, 6) is -2.83. The van der Waals surface area contributed by atoms with E-state index in [-0.39, 0.29) is 6.61 Å². The van der Waals surface area contributed by atoms with Crippen LogP contribution in [0.4, 0.5) is 4.79 Å². The molecule has 0 saturated carbocycles. The van der Waals surface area contributed by atoms with E-state index in [0.29, 0.717) is 0 Å². The van der Waals surface area contributed by atoms with E-state index in [0.717, 1.165) is 0 Å². The molecule has 4 N–H and O–H groups in total. The Kier molecular flexibility index (Phi) is 6.79. The molecular formula is C8H14N2O8S. The van der Waals surface area contributed by atoms with Gasteiger partial charge in [-0.05, 0) is 13.3 Å². The smallest absolute Gasteiger partial charge is 0.421 e. The van der Waals surface area contributed by atoms with Gasteiger partial charge in [-0.15, -0.1) is 0 Å². The first-order valence-electron chi connectivity index (χ1n) is 5.09. The van der Waals surface area contributed by atoms with Gasteiger partial charge in [0.1, 0.15) is 6.04 Å². The zero-order valence-corrected chi connectivity index (χ0v) is 10.8. The predicted octanol–water partition coefficient (Wildman–Crippen LogP) is -1.12. The second-order valence-electron chi connectivity index (χ2n) is 3.27. The summed E-state index contributed by atoms with van der Waals surface area (Å²) in [5, 5.41) is 17.1. The van der Waals surface area contributed by atoms with Gasteiger partial charge < -0.3 is 14.9 Å². The number of ether oxygens (including phenoxy) is 1. The van der Waals surface area contributed by atoms with Crippen molar-refractivity contribution >= 4 is 28.2 Å². The van der Waals surface area contributed by atoms with Crippen molar-refractivity contribution in [3.8, 4) is 0 Å². The van der Waals surface area contributed by atoms with E-state index in [1.807, 2.05) is 0 Å². The van der Waals surface area contributed by atoms with Gasteiger partial charge in [-0.1, -0.05) is 0 Å². The van der Waals surface area contributed by atoms with Crippen LogP contribution < -0.4 is 9.44 Å². The summed E-state index contributed by atoms with van der Waals surface area (Å²) in [6.45, 7) is 1.38. The standard InChI is InChI=1S/C8H14N2O8S/c1-2-18-8(15)10-19(16,17)9-5(7(13)14)3-4-6(11)12/h5,9H,2-4H2,1H3,(H,10,15)(H,11,12)(H,13,14)/t5-/m0/s1. The second kappa shape index (κ2) is 7.53. The topological polar surface area (TPSA) is 159 Å². The molecule has 0 aliphatic heterocycles.